The Kier molecular flexibility index (Phi) is 4.74. The summed E-state index contributed by atoms with van der Waals surface area (Å²) in [4.78, 5) is 32.5. The van der Waals surface area contributed by atoms with Crippen molar-refractivity contribution in [1.29, 1.82) is 0 Å². The first kappa shape index (κ1) is 13.3. The fraction of sp³-hybridized carbons (Fsp3) is 0.700. The molecular formula is C10H16N2O5. The minimum atomic E-state index is -1.39. The summed E-state index contributed by atoms with van der Waals surface area (Å²) in [6.07, 6.45) is 3.21. The minimum Gasteiger partial charge on any atom is -0.481 e. The van der Waals surface area contributed by atoms with E-state index in [0.29, 0.717) is 0 Å². The predicted octanol–water partition coefficient (Wildman–Crippen LogP) is 0.156. The number of carbonyl (C=O) groups excluding carboxylic acids is 1. The summed E-state index contributed by atoms with van der Waals surface area (Å²) in [5.41, 5.74) is 0. The number of amides is 2. The molecular weight excluding hydrogens is 228 g/mol. The van der Waals surface area contributed by atoms with Crippen molar-refractivity contribution in [2.45, 2.75) is 44.2 Å². The molecule has 0 aromatic carbocycles. The molecule has 1 fully saturated rings. The average molecular weight is 244 g/mol. The molecule has 0 bridgehead atoms. The van der Waals surface area contributed by atoms with Crippen LogP contribution < -0.4 is 10.6 Å². The number of urea groups is 1. The first-order chi connectivity index (χ1) is 7.99. The number of hydrogen-bond acceptors (Lipinski definition) is 3. The molecule has 7 heteroatoms. The molecule has 2 amide bonds. The van der Waals surface area contributed by atoms with Gasteiger partial charge in [0.05, 0.1) is 6.42 Å². The van der Waals surface area contributed by atoms with E-state index in [0.717, 1.165) is 25.7 Å². The summed E-state index contributed by atoms with van der Waals surface area (Å²) >= 11 is 0. The first-order valence-corrected chi connectivity index (χ1v) is 5.50. The first-order valence-electron chi connectivity index (χ1n) is 5.50. The normalized spacial score (nSPS) is 17.4. The van der Waals surface area contributed by atoms with Crippen LogP contribution in [0.2, 0.25) is 0 Å². The maximum atomic E-state index is 11.4. The third-order valence-corrected chi connectivity index (χ3v) is 2.67. The van der Waals surface area contributed by atoms with Crippen molar-refractivity contribution in [2.24, 2.45) is 0 Å². The summed E-state index contributed by atoms with van der Waals surface area (Å²) in [5.74, 6) is -2.62. The van der Waals surface area contributed by atoms with Crippen molar-refractivity contribution in [3.8, 4) is 0 Å². The number of carboxylic acids is 2. The number of carboxylic acid groups (broad SMARTS) is 2. The van der Waals surface area contributed by atoms with Crippen LogP contribution in [0.25, 0.3) is 0 Å². The molecule has 0 aliphatic heterocycles. The Bertz CT molecular complexity index is 312. The summed E-state index contributed by atoms with van der Waals surface area (Å²) in [6, 6.07) is -1.95. The molecule has 0 heterocycles. The second kappa shape index (κ2) is 6.07. The highest BCUT2D eigenvalue weighted by atomic mass is 16.4. The van der Waals surface area contributed by atoms with Crippen LogP contribution in [0.4, 0.5) is 4.79 Å². The van der Waals surface area contributed by atoms with E-state index in [9.17, 15) is 14.4 Å². The molecule has 1 aliphatic rings. The molecule has 1 aliphatic carbocycles. The Hall–Kier alpha value is -1.79. The molecule has 0 unspecified atom stereocenters. The van der Waals surface area contributed by atoms with E-state index in [1.54, 1.807) is 0 Å². The smallest absolute Gasteiger partial charge is 0.326 e. The van der Waals surface area contributed by atoms with Gasteiger partial charge in [-0.05, 0) is 12.8 Å². The standard InChI is InChI=1S/C10H16N2O5/c13-8(14)5-7(9(15)16)12-10(17)11-6-3-1-2-4-6/h6-7H,1-5H2,(H,13,14)(H,15,16)(H2,11,12,17)/t7-/m0/s1. The molecule has 1 atom stereocenters. The molecule has 0 saturated heterocycles. The summed E-state index contributed by atoms with van der Waals surface area (Å²) in [6.45, 7) is 0. The van der Waals surface area contributed by atoms with Crippen molar-refractivity contribution in [3.63, 3.8) is 0 Å². The molecule has 0 spiro atoms. The van der Waals surface area contributed by atoms with Gasteiger partial charge in [0.25, 0.3) is 0 Å². The monoisotopic (exact) mass is 244 g/mol. The molecule has 96 valence electrons. The van der Waals surface area contributed by atoms with Crippen LogP contribution in [0.1, 0.15) is 32.1 Å². The fourth-order valence-corrected chi connectivity index (χ4v) is 1.83. The number of carbonyl (C=O) groups is 3. The third-order valence-electron chi connectivity index (χ3n) is 2.67. The molecule has 0 aromatic rings. The highest BCUT2D eigenvalue weighted by molar-refractivity contribution is 5.86. The number of rotatable bonds is 5. The Morgan fingerprint density at radius 3 is 2.24 bits per heavy atom. The van der Waals surface area contributed by atoms with E-state index < -0.39 is 30.4 Å². The lowest BCUT2D eigenvalue weighted by atomic mass is 10.2. The molecule has 0 aromatic heterocycles. The van der Waals surface area contributed by atoms with Gasteiger partial charge in [-0.15, -0.1) is 0 Å². The predicted molar refractivity (Wildman–Crippen MR) is 57.6 cm³/mol. The van der Waals surface area contributed by atoms with Crippen molar-refractivity contribution < 1.29 is 24.6 Å². The second-order valence-corrected chi connectivity index (χ2v) is 4.09. The lowest BCUT2D eigenvalue weighted by Gasteiger charge is -2.16. The van der Waals surface area contributed by atoms with E-state index in [1.165, 1.54) is 0 Å². The van der Waals surface area contributed by atoms with Crippen molar-refractivity contribution in [3.05, 3.63) is 0 Å². The van der Waals surface area contributed by atoms with Crippen LogP contribution in [-0.4, -0.2) is 40.3 Å². The van der Waals surface area contributed by atoms with E-state index in [-0.39, 0.29) is 6.04 Å². The Morgan fingerprint density at radius 2 is 1.76 bits per heavy atom. The largest absolute Gasteiger partial charge is 0.481 e. The molecule has 7 nitrogen and oxygen atoms in total. The SMILES string of the molecule is O=C(O)C[C@H](NC(=O)NC1CCCC1)C(=O)O. The van der Waals surface area contributed by atoms with Crippen molar-refractivity contribution in [2.75, 3.05) is 0 Å². The van der Waals surface area contributed by atoms with E-state index >= 15 is 0 Å². The van der Waals surface area contributed by atoms with Gasteiger partial charge in [0.15, 0.2) is 0 Å². The Balaban J connectivity index is 2.40. The molecule has 1 saturated carbocycles. The number of hydrogen-bond donors (Lipinski definition) is 4. The highest BCUT2D eigenvalue weighted by Crippen LogP contribution is 2.17. The van der Waals surface area contributed by atoms with Crippen molar-refractivity contribution >= 4 is 18.0 Å². The fourth-order valence-electron chi connectivity index (χ4n) is 1.83. The van der Waals surface area contributed by atoms with Gasteiger partial charge in [0.1, 0.15) is 6.04 Å². The van der Waals surface area contributed by atoms with E-state index in [4.69, 9.17) is 10.2 Å². The van der Waals surface area contributed by atoms with Crippen LogP contribution in [0.3, 0.4) is 0 Å². The van der Waals surface area contributed by atoms with Gasteiger partial charge >= 0.3 is 18.0 Å². The van der Waals surface area contributed by atoms with Gasteiger partial charge in [-0.25, -0.2) is 9.59 Å². The Labute approximate surface area is 98.2 Å². The number of aliphatic carboxylic acids is 2. The maximum Gasteiger partial charge on any atom is 0.326 e. The quantitative estimate of drug-likeness (QED) is 0.549. The van der Waals surface area contributed by atoms with Crippen LogP contribution in [-0.2, 0) is 9.59 Å². The minimum absolute atomic E-state index is 0.0641. The van der Waals surface area contributed by atoms with Crippen molar-refractivity contribution in [1.82, 2.24) is 10.6 Å². The summed E-state index contributed by atoms with van der Waals surface area (Å²) < 4.78 is 0. The number of nitrogens with one attached hydrogen (secondary N) is 2. The lowest BCUT2D eigenvalue weighted by Crippen LogP contribution is -2.49. The lowest BCUT2D eigenvalue weighted by molar-refractivity contribution is -0.145. The van der Waals surface area contributed by atoms with Crippen LogP contribution in [0.15, 0.2) is 0 Å². The van der Waals surface area contributed by atoms with E-state index in [2.05, 4.69) is 10.6 Å². The molecule has 0 radical (unpaired) electrons. The van der Waals surface area contributed by atoms with Gasteiger partial charge in [-0.3, -0.25) is 4.79 Å². The highest BCUT2D eigenvalue weighted by Gasteiger charge is 2.24. The third kappa shape index (κ3) is 4.71. The van der Waals surface area contributed by atoms with Crippen LogP contribution in [0.5, 0.6) is 0 Å². The zero-order valence-corrected chi connectivity index (χ0v) is 9.31. The van der Waals surface area contributed by atoms with Crippen LogP contribution >= 0.6 is 0 Å². The van der Waals surface area contributed by atoms with Gasteiger partial charge in [-0.1, -0.05) is 12.8 Å². The van der Waals surface area contributed by atoms with Gasteiger partial charge < -0.3 is 20.8 Å². The Morgan fingerprint density at radius 1 is 1.18 bits per heavy atom. The van der Waals surface area contributed by atoms with Gasteiger partial charge in [0.2, 0.25) is 0 Å². The zero-order chi connectivity index (χ0) is 12.8. The molecule has 1 rings (SSSR count). The molecule has 4 N–H and O–H groups in total. The summed E-state index contributed by atoms with van der Waals surface area (Å²) in [5, 5.41) is 22.0. The van der Waals surface area contributed by atoms with Crippen LogP contribution in [0, 0.1) is 0 Å². The second-order valence-electron chi connectivity index (χ2n) is 4.09. The average Bonchev–Trinajstić information content (AvgIpc) is 2.68. The van der Waals surface area contributed by atoms with Gasteiger partial charge in [-0.2, -0.15) is 0 Å². The maximum absolute atomic E-state index is 11.4. The van der Waals surface area contributed by atoms with Gasteiger partial charge in [0, 0.05) is 6.04 Å². The topological polar surface area (TPSA) is 116 Å². The molecule has 17 heavy (non-hydrogen) atoms. The van der Waals surface area contributed by atoms with E-state index in [1.807, 2.05) is 0 Å². The zero-order valence-electron chi connectivity index (χ0n) is 9.31. The summed E-state index contributed by atoms with van der Waals surface area (Å²) in [7, 11) is 0.